The van der Waals surface area contributed by atoms with Crippen molar-refractivity contribution in [1.29, 1.82) is 0 Å². The van der Waals surface area contributed by atoms with Crippen LogP contribution < -0.4 is 0 Å². The minimum atomic E-state index is 0.650. The molecule has 3 aromatic rings. The van der Waals surface area contributed by atoms with Crippen molar-refractivity contribution >= 4 is 0 Å². The van der Waals surface area contributed by atoms with Crippen LogP contribution in [0.3, 0.4) is 0 Å². The van der Waals surface area contributed by atoms with Crippen molar-refractivity contribution in [2.24, 2.45) is 0 Å². The Bertz CT molecular complexity index is 668. The SMILES string of the molecule is CCc1noc(CN(Cc2ccccc2)Cc2ccccc2)n1. The van der Waals surface area contributed by atoms with Gasteiger partial charge in [0.15, 0.2) is 5.82 Å². The Hall–Kier alpha value is -2.46. The average molecular weight is 307 g/mol. The van der Waals surface area contributed by atoms with E-state index in [0.29, 0.717) is 12.4 Å². The molecule has 0 saturated heterocycles. The largest absolute Gasteiger partial charge is 0.338 e. The summed E-state index contributed by atoms with van der Waals surface area (Å²) in [7, 11) is 0. The van der Waals surface area contributed by atoms with Crippen molar-refractivity contribution in [3.8, 4) is 0 Å². The van der Waals surface area contributed by atoms with Gasteiger partial charge in [-0.05, 0) is 11.1 Å². The lowest BCUT2D eigenvalue weighted by molar-refractivity contribution is 0.211. The zero-order valence-corrected chi connectivity index (χ0v) is 13.4. The summed E-state index contributed by atoms with van der Waals surface area (Å²) in [6, 6.07) is 20.9. The Labute approximate surface area is 136 Å². The third kappa shape index (κ3) is 4.50. The Morgan fingerprint density at radius 2 is 1.39 bits per heavy atom. The van der Waals surface area contributed by atoms with Gasteiger partial charge >= 0.3 is 0 Å². The van der Waals surface area contributed by atoms with Crippen molar-refractivity contribution < 1.29 is 4.52 Å². The first-order valence-corrected chi connectivity index (χ1v) is 7.95. The number of rotatable bonds is 7. The third-order valence-corrected chi connectivity index (χ3v) is 3.68. The van der Waals surface area contributed by atoms with E-state index in [1.54, 1.807) is 0 Å². The first kappa shape index (κ1) is 15.4. The van der Waals surface area contributed by atoms with E-state index in [9.17, 15) is 0 Å². The standard InChI is InChI=1S/C19H21N3O/c1-2-18-20-19(23-21-18)15-22(13-16-9-5-3-6-10-16)14-17-11-7-4-8-12-17/h3-12H,2,13-15H2,1H3. The molecule has 0 atom stereocenters. The van der Waals surface area contributed by atoms with Gasteiger partial charge in [-0.15, -0.1) is 0 Å². The lowest BCUT2D eigenvalue weighted by Crippen LogP contribution is -2.22. The highest BCUT2D eigenvalue weighted by Gasteiger charge is 2.13. The van der Waals surface area contributed by atoms with Gasteiger partial charge in [0.25, 0.3) is 0 Å². The molecule has 0 amide bonds. The molecule has 118 valence electrons. The first-order valence-electron chi connectivity index (χ1n) is 7.95. The van der Waals surface area contributed by atoms with Crippen LogP contribution in [-0.2, 0) is 26.1 Å². The van der Waals surface area contributed by atoms with E-state index >= 15 is 0 Å². The minimum Gasteiger partial charge on any atom is -0.338 e. The lowest BCUT2D eigenvalue weighted by atomic mass is 10.1. The van der Waals surface area contributed by atoms with E-state index < -0.39 is 0 Å². The molecule has 0 aliphatic carbocycles. The van der Waals surface area contributed by atoms with Crippen molar-refractivity contribution in [3.63, 3.8) is 0 Å². The number of aryl methyl sites for hydroxylation is 1. The van der Waals surface area contributed by atoms with Crippen molar-refractivity contribution in [2.75, 3.05) is 0 Å². The van der Waals surface area contributed by atoms with E-state index in [2.05, 4.69) is 63.6 Å². The number of hydrogen-bond acceptors (Lipinski definition) is 4. The molecule has 0 aliphatic rings. The summed E-state index contributed by atoms with van der Waals surface area (Å²) in [4.78, 5) is 6.75. The first-order chi connectivity index (χ1) is 11.3. The summed E-state index contributed by atoms with van der Waals surface area (Å²) >= 11 is 0. The highest BCUT2D eigenvalue weighted by atomic mass is 16.5. The number of aromatic nitrogens is 2. The van der Waals surface area contributed by atoms with Crippen LogP contribution in [0.25, 0.3) is 0 Å². The minimum absolute atomic E-state index is 0.650. The van der Waals surface area contributed by atoms with Crippen LogP contribution in [0.5, 0.6) is 0 Å². The molecular weight excluding hydrogens is 286 g/mol. The zero-order valence-electron chi connectivity index (χ0n) is 13.4. The maximum Gasteiger partial charge on any atom is 0.240 e. The van der Waals surface area contributed by atoms with Gasteiger partial charge in [0.1, 0.15) is 0 Å². The van der Waals surface area contributed by atoms with E-state index in [-0.39, 0.29) is 0 Å². The number of benzene rings is 2. The van der Waals surface area contributed by atoms with Crippen LogP contribution in [0.1, 0.15) is 29.8 Å². The predicted octanol–water partition coefficient (Wildman–Crippen LogP) is 3.83. The second-order valence-electron chi connectivity index (χ2n) is 5.57. The molecule has 4 nitrogen and oxygen atoms in total. The van der Waals surface area contributed by atoms with Gasteiger partial charge in [-0.2, -0.15) is 4.98 Å². The summed E-state index contributed by atoms with van der Waals surface area (Å²) in [5.41, 5.74) is 2.55. The van der Waals surface area contributed by atoms with Crippen LogP contribution in [0.4, 0.5) is 0 Å². The van der Waals surface area contributed by atoms with E-state index in [1.165, 1.54) is 11.1 Å². The molecule has 2 aromatic carbocycles. The van der Waals surface area contributed by atoms with Crippen LogP contribution >= 0.6 is 0 Å². The maximum atomic E-state index is 5.36. The monoisotopic (exact) mass is 307 g/mol. The Morgan fingerprint density at radius 1 is 0.826 bits per heavy atom. The predicted molar refractivity (Wildman–Crippen MR) is 89.5 cm³/mol. The van der Waals surface area contributed by atoms with Crippen LogP contribution in [0.15, 0.2) is 65.2 Å². The molecule has 0 saturated carbocycles. The average Bonchev–Trinajstić information content (AvgIpc) is 3.04. The lowest BCUT2D eigenvalue weighted by Gasteiger charge is -2.20. The summed E-state index contributed by atoms with van der Waals surface area (Å²) in [6.45, 7) is 4.37. The Kier molecular flexibility index (Phi) is 5.17. The summed E-state index contributed by atoms with van der Waals surface area (Å²) in [5.74, 6) is 1.44. The maximum absolute atomic E-state index is 5.36. The topological polar surface area (TPSA) is 42.2 Å². The van der Waals surface area contributed by atoms with Gasteiger partial charge < -0.3 is 4.52 Å². The molecule has 0 spiro atoms. The van der Waals surface area contributed by atoms with Gasteiger partial charge in [0.05, 0.1) is 6.54 Å². The molecule has 0 unspecified atom stereocenters. The molecule has 0 fully saturated rings. The molecule has 3 rings (SSSR count). The summed E-state index contributed by atoms with van der Waals surface area (Å²) in [6.07, 6.45) is 0.793. The van der Waals surface area contributed by atoms with Crippen LogP contribution in [0.2, 0.25) is 0 Å². The fourth-order valence-corrected chi connectivity index (χ4v) is 2.54. The molecule has 0 aliphatic heterocycles. The summed E-state index contributed by atoms with van der Waals surface area (Å²) < 4.78 is 5.36. The molecule has 4 heteroatoms. The van der Waals surface area contributed by atoms with Crippen molar-refractivity contribution in [2.45, 2.75) is 33.0 Å². The van der Waals surface area contributed by atoms with E-state index in [0.717, 1.165) is 25.3 Å². The molecule has 1 aromatic heterocycles. The molecule has 0 bridgehead atoms. The molecule has 1 heterocycles. The Morgan fingerprint density at radius 3 is 1.87 bits per heavy atom. The number of nitrogens with zero attached hydrogens (tertiary/aromatic N) is 3. The van der Waals surface area contributed by atoms with E-state index in [4.69, 9.17) is 4.52 Å². The quantitative estimate of drug-likeness (QED) is 0.665. The zero-order chi connectivity index (χ0) is 15.9. The molecule has 23 heavy (non-hydrogen) atoms. The fraction of sp³-hybridized carbons (Fsp3) is 0.263. The van der Waals surface area contributed by atoms with Gasteiger partial charge in [-0.3, -0.25) is 4.90 Å². The molecular formula is C19H21N3O. The smallest absolute Gasteiger partial charge is 0.240 e. The third-order valence-electron chi connectivity index (χ3n) is 3.68. The van der Waals surface area contributed by atoms with Gasteiger partial charge in [0.2, 0.25) is 5.89 Å². The van der Waals surface area contributed by atoms with Crippen LogP contribution in [-0.4, -0.2) is 15.0 Å². The number of hydrogen-bond donors (Lipinski definition) is 0. The molecule has 0 N–H and O–H groups in total. The Balaban J connectivity index is 1.74. The van der Waals surface area contributed by atoms with Crippen molar-refractivity contribution in [3.05, 3.63) is 83.5 Å². The van der Waals surface area contributed by atoms with Crippen molar-refractivity contribution in [1.82, 2.24) is 15.0 Å². The van der Waals surface area contributed by atoms with E-state index in [1.807, 2.05) is 19.1 Å². The summed E-state index contributed by atoms with van der Waals surface area (Å²) in [5, 5.41) is 3.99. The fourth-order valence-electron chi connectivity index (χ4n) is 2.54. The van der Waals surface area contributed by atoms with Gasteiger partial charge in [-0.25, -0.2) is 0 Å². The highest BCUT2D eigenvalue weighted by molar-refractivity contribution is 5.17. The van der Waals surface area contributed by atoms with Gasteiger partial charge in [0, 0.05) is 19.5 Å². The normalized spacial score (nSPS) is 11.0. The van der Waals surface area contributed by atoms with Gasteiger partial charge in [-0.1, -0.05) is 72.7 Å². The second-order valence-corrected chi connectivity index (χ2v) is 5.57. The second kappa shape index (κ2) is 7.70. The highest BCUT2D eigenvalue weighted by Crippen LogP contribution is 2.13. The van der Waals surface area contributed by atoms with Crippen LogP contribution in [0, 0.1) is 0 Å². The molecule has 0 radical (unpaired) electrons.